The topological polar surface area (TPSA) is 17.1 Å². The highest BCUT2D eigenvalue weighted by Crippen LogP contribution is 2.02. The summed E-state index contributed by atoms with van der Waals surface area (Å²) in [5.41, 5.74) is 0. The van der Waals surface area contributed by atoms with Gasteiger partial charge >= 0.3 is 0 Å². The van der Waals surface area contributed by atoms with E-state index in [-0.39, 0.29) is 0 Å². The largest absolute Gasteiger partial charge is 0.292 e. The average molecular weight is 130 g/mol. The first-order valence-electron chi connectivity index (χ1n) is 3.06. The molecule has 0 aromatic carbocycles. The standard InChI is InChI=1S/C7H11FO/c1-3-4-5-7(9)6(2)8/h2-5H2,1H3. The Bertz CT molecular complexity index is 118. The highest BCUT2D eigenvalue weighted by atomic mass is 19.1. The molecule has 0 radical (unpaired) electrons. The maximum absolute atomic E-state index is 11.9. The van der Waals surface area contributed by atoms with Gasteiger partial charge in [-0.05, 0) is 6.42 Å². The Labute approximate surface area is 54.6 Å². The highest BCUT2D eigenvalue weighted by molar-refractivity contribution is 5.92. The smallest absolute Gasteiger partial charge is 0.190 e. The molecule has 0 aromatic heterocycles. The number of carbonyl (C=O) groups excluding carboxylic acids is 1. The van der Waals surface area contributed by atoms with Gasteiger partial charge in [-0.25, -0.2) is 4.39 Å². The Hall–Kier alpha value is -0.660. The van der Waals surface area contributed by atoms with Crippen molar-refractivity contribution in [2.24, 2.45) is 0 Å². The zero-order chi connectivity index (χ0) is 7.28. The van der Waals surface area contributed by atoms with E-state index in [0.717, 1.165) is 12.8 Å². The minimum Gasteiger partial charge on any atom is -0.292 e. The molecule has 0 aliphatic carbocycles. The number of rotatable bonds is 4. The molecule has 0 N–H and O–H groups in total. The van der Waals surface area contributed by atoms with E-state index in [2.05, 4.69) is 6.58 Å². The molecule has 0 atom stereocenters. The van der Waals surface area contributed by atoms with Crippen LogP contribution in [0.1, 0.15) is 26.2 Å². The number of hydrogen-bond donors (Lipinski definition) is 0. The third-order valence-corrected chi connectivity index (χ3v) is 1.06. The van der Waals surface area contributed by atoms with Gasteiger partial charge in [-0.3, -0.25) is 4.79 Å². The molecule has 9 heavy (non-hydrogen) atoms. The molecule has 0 fully saturated rings. The van der Waals surface area contributed by atoms with Crippen LogP contribution in [-0.2, 0) is 4.79 Å². The quantitative estimate of drug-likeness (QED) is 0.533. The average Bonchev–Trinajstić information content (AvgIpc) is 1.82. The third-order valence-electron chi connectivity index (χ3n) is 1.06. The van der Waals surface area contributed by atoms with Gasteiger partial charge in [-0.15, -0.1) is 0 Å². The lowest BCUT2D eigenvalue weighted by atomic mass is 10.2. The Morgan fingerprint density at radius 2 is 2.22 bits per heavy atom. The Balaban J connectivity index is 3.39. The number of unbranched alkanes of at least 4 members (excludes halogenated alkanes) is 1. The first-order chi connectivity index (χ1) is 4.18. The summed E-state index contributed by atoms with van der Waals surface area (Å²) in [6, 6.07) is 0. The highest BCUT2D eigenvalue weighted by Gasteiger charge is 2.02. The molecule has 0 aromatic rings. The fraction of sp³-hybridized carbons (Fsp3) is 0.571. The normalized spacial score (nSPS) is 9.11. The number of allylic oxidation sites excluding steroid dienone is 1. The summed E-state index contributed by atoms with van der Waals surface area (Å²) in [6.45, 7) is 4.84. The van der Waals surface area contributed by atoms with Crippen molar-refractivity contribution in [3.8, 4) is 0 Å². The van der Waals surface area contributed by atoms with Crippen LogP contribution in [0.2, 0.25) is 0 Å². The molecule has 0 amide bonds. The molecule has 0 heterocycles. The van der Waals surface area contributed by atoms with Crippen LogP contribution in [0.15, 0.2) is 12.4 Å². The lowest BCUT2D eigenvalue weighted by Gasteiger charge is -1.91. The second-order valence-corrected chi connectivity index (χ2v) is 1.93. The van der Waals surface area contributed by atoms with Crippen molar-refractivity contribution < 1.29 is 9.18 Å². The first kappa shape index (κ1) is 8.34. The molecular weight excluding hydrogens is 119 g/mol. The lowest BCUT2D eigenvalue weighted by molar-refractivity contribution is -0.117. The number of ketones is 1. The molecule has 0 aliphatic rings. The zero-order valence-corrected chi connectivity index (χ0v) is 5.61. The summed E-state index contributed by atoms with van der Waals surface area (Å²) in [7, 11) is 0. The van der Waals surface area contributed by atoms with Gasteiger partial charge in [0, 0.05) is 6.42 Å². The second kappa shape index (κ2) is 4.24. The van der Waals surface area contributed by atoms with Crippen LogP contribution in [0.4, 0.5) is 4.39 Å². The van der Waals surface area contributed by atoms with Crippen LogP contribution in [0.3, 0.4) is 0 Å². The molecule has 0 saturated carbocycles. The van der Waals surface area contributed by atoms with Crippen LogP contribution in [0, 0.1) is 0 Å². The van der Waals surface area contributed by atoms with Crippen molar-refractivity contribution in [2.75, 3.05) is 0 Å². The van der Waals surface area contributed by atoms with Gasteiger partial charge in [0.25, 0.3) is 0 Å². The van der Waals surface area contributed by atoms with Crippen molar-refractivity contribution in [3.05, 3.63) is 12.4 Å². The van der Waals surface area contributed by atoms with Crippen LogP contribution in [0.5, 0.6) is 0 Å². The monoisotopic (exact) mass is 130 g/mol. The molecule has 2 heteroatoms. The van der Waals surface area contributed by atoms with E-state index in [1.807, 2.05) is 6.92 Å². The van der Waals surface area contributed by atoms with Gasteiger partial charge in [-0.2, -0.15) is 0 Å². The van der Waals surface area contributed by atoms with E-state index in [1.165, 1.54) is 0 Å². The molecule has 0 saturated heterocycles. The van der Waals surface area contributed by atoms with E-state index in [4.69, 9.17) is 0 Å². The van der Waals surface area contributed by atoms with E-state index >= 15 is 0 Å². The zero-order valence-electron chi connectivity index (χ0n) is 5.61. The van der Waals surface area contributed by atoms with Crippen molar-refractivity contribution in [2.45, 2.75) is 26.2 Å². The molecule has 0 bridgehead atoms. The van der Waals surface area contributed by atoms with Gasteiger partial charge in [0.15, 0.2) is 11.6 Å². The molecular formula is C7H11FO. The van der Waals surface area contributed by atoms with E-state index in [9.17, 15) is 9.18 Å². The summed E-state index contributed by atoms with van der Waals surface area (Å²) >= 11 is 0. The maximum atomic E-state index is 11.9. The number of hydrogen-bond acceptors (Lipinski definition) is 1. The van der Waals surface area contributed by atoms with Crippen molar-refractivity contribution in [1.29, 1.82) is 0 Å². The van der Waals surface area contributed by atoms with Gasteiger partial charge < -0.3 is 0 Å². The molecule has 0 unspecified atom stereocenters. The fourth-order valence-corrected chi connectivity index (χ4v) is 0.473. The number of carbonyl (C=O) groups is 1. The summed E-state index contributed by atoms with van der Waals surface area (Å²) in [5, 5.41) is 0. The van der Waals surface area contributed by atoms with Crippen molar-refractivity contribution in [1.82, 2.24) is 0 Å². The Kier molecular flexibility index (Phi) is 3.93. The minimum atomic E-state index is -0.816. The summed E-state index contributed by atoms with van der Waals surface area (Å²) in [4.78, 5) is 10.4. The number of halogens is 1. The van der Waals surface area contributed by atoms with Gasteiger partial charge in [0.2, 0.25) is 0 Å². The van der Waals surface area contributed by atoms with Gasteiger partial charge in [0.05, 0.1) is 0 Å². The van der Waals surface area contributed by atoms with Crippen molar-refractivity contribution in [3.63, 3.8) is 0 Å². The van der Waals surface area contributed by atoms with Gasteiger partial charge in [-0.1, -0.05) is 19.9 Å². The Morgan fingerprint density at radius 1 is 1.67 bits per heavy atom. The van der Waals surface area contributed by atoms with E-state index < -0.39 is 11.6 Å². The van der Waals surface area contributed by atoms with E-state index in [1.54, 1.807) is 0 Å². The SMILES string of the molecule is C=C(F)C(=O)CCCC. The summed E-state index contributed by atoms with van der Waals surface area (Å²) in [6.07, 6.45) is 1.96. The second-order valence-electron chi connectivity index (χ2n) is 1.93. The molecule has 0 spiro atoms. The molecule has 0 aliphatic heterocycles. The van der Waals surface area contributed by atoms with E-state index in [0.29, 0.717) is 6.42 Å². The van der Waals surface area contributed by atoms with Crippen LogP contribution in [-0.4, -0.2) is 5.78 Å². The van der Waals surface area contributed by atoms with Crippen LogP contribution < -0.4 is 0 Å². The molecule has 52 valence electrons. The third kappa shape index (κ3) is 3.88. The van der Waals surface area contributed by atoms with Crippen molar-refractivity contribution >= 4 is 5.78 Å². The Morgan fingerprint density at radius 3 is 2.56 bits per heavy atom. The lowest BCUT2D eigenvalue weighted by Crippen LogP contribution is -1.95. The predicted molar refractivity (Wildman–Crippen MR) is 34.8 cm³/mol. The molecule has 1 nitrogen and oxygen atoms in total. The minimum absolute atomic E-state index is 0.297. The summed E-state index contributed by atoms with van der Waals surface area (Å²) in [5.74, 6) is -1.28. The predicted octanol–water partition coefficient (Wildman–Crippen LogP) is 2.23. The van der Waals surface area contributed by atoms with Crippen LogP contribution in [0.25, 0.3) is 0 Å². The molecule has 0 rings (SSSR count). The maximum Gasteiger partial charge on any atom is 0.190 e. The number of Topliss-reactive ketones (excluding diaryl/α,β-unsaturated/α-hetero) is 1. The van der Waals surface area contributed by atoms with Crippen LogP contribution >= 0.6 is 0 Å². The first-order valence-corrected chi connectivity index (χ1v) is 3.06. The van der Waals surface area contributed by atoms with Gasteiger partial charge in [0.1, 0.15) is 0 Å². The fourth-order valence-electron chi connectivity index (χ4n) is 0.473. The summed E-state index contributed by atoms with van der Waals surface area (Å²) < 4.78 is 11.9.